The van der Waals surface area contributed by atoms with E-state index in [0.29, 0.717) is 9.81 Å². The van der Waals surface area contributed by atoms with Crippen molar-refractivity contribution >= 4 is 19.6 Å². The molecule has 0 saturated heterocycles. The maximum atomic E-state index is 11.7. The van der Waals surface area contributed by atoms with Gasteiger partial charge >= 0.3 is 0 Å². The van der Waals surface area contributed by atoms with E-state index >= 15 is 0 Å². The molecule has 2 nitrogen and oxygen atoms in total. The lowest BCUT2D eigenvalue weighted by molar-refractivity contribution is 0.614. The Morgan fingerprint density at radius 3 is 1.69 bits per heavy atom. The molecule has 1 aromatic carbocycles. The second kappa shape index (κ2) is 2.45. The van der Waals surface area contributed by atoms with Crippen molar-refractivity contribution in [2.75, 3.05) is 0 Å². The van der Waals surface area contributed by atoms with Crippen molar-refractivity contribution in [1.82, 2.24) is 0 Å². The van der Waals surface area contributed by atoms with Crippen LogP contribution in [0.1, 0.15) is 13.8 Å². The van der Waals surface area contributed by atoms with Gasteiger partial charge in [0.05, 0.1) is 9.81 Å². The molecule has 0 unspecified atom stereocenters. The molecular formula is C10H10O2S. The third-order valence-corrected chi connectivity index (χ3v) is 4.54. The van der Waals surface area contributed by atoms with Gasteiger partial charge in [-0.3, -0.25) is 0 Å². The third-order valence-electron chi connectivity index (χ3n) is 2.49. The van der Waals surface area contributed by atoms with Gasteiger partial charge in [-0.25, -0.2) is 8.42 Å². The summed E-state index contributed by atoms with van der Waals surface area (Å²) in [7, 11) is -3.13. The molecule has 0 atom stereocenters. The summed E-state index contributed by atoms with van der Waals surface area (Å²) in [5.74, 6) is 0. The maximum Gasteiger partial charge on any atom is 0.199 e. The minimum absolute atomic E-state index is 0.473. The predicted molar refractivity (Wildman–Crippen MR) is 52.8 cm³/mol. The van der Waals surface area contributed by atoms with Crippen molar-refractivity contribution in [2.24, 2.45) is 0 Å². The zero-order valence-corrected chi connectivity index (χ0v) is 8.35. The number of fused-ring (bicyclic) bond motifs is 1. The molecular weight excluding hydrogens is 184 g/mol. The summed E-state index contributed by atoms with van der Waals surface area (Å²) in [6.45, 7) is 3.31. The highest BCUT2D eigenvalue weighted by Crippen LogP contribution is 2.18. The Balaban J connectivity index is 3.17. The van der Waals surface area contributed by atoms with Crippen LogP contribution in [-0.4, -0.2) is 8.42 Å². The molecule has 0 saturated carbocycles. The van der Waals surface area contributed by atoms with Gasteiger partial charge in [-0.15, -0.1) is 0 Å². The minimum atomic E-state index is -3.13. The molecule has 0 N–H and O–H groups in total. The zero-order valence-electron chi connectivity index (χ0n) is 7.53. The zero-order chi connectivity index (χ0) is 9.64. The fraction of sp³-hybridized carbons (Fsp3) is 0.200. The Labute approximate surface area is 77.1 Å². The van der Waals surface area contributed by atoms with Gasteiger partial charge in [0.25, 0.3) is 0 Å². The molecule has 2 rings (SSSR count). The van der Waals surface area contributed by atoms with E-state index in [1.54, 1.807) is 13.8 Å². The first-order chi connectivity index (χ1) is 6.05. The second-order valence-corrected chi connectivity index (χ2v) is 5.39. The normalized spacial score (nSPS) is 18.9. The first-order valence-corrected chi connectivity index (χ1v) is 5.55. The monoisotopic (exact) mass is 194 g/mol. The van der Waals surface area contributed by atoms with E-state index in [4.69, 9.17) is 0 Å². The molecule has 1 aromatic rings. The fourth-order valence-corrected chi connectivity index (χ4v) is 3.01. The number of benzene rings is 1. The van der Waals surface area contributed by atoms with Gasteiger partial charge < -0.3 is 0 Å². The summed E-state index contributed by atoms with van der Waals surface area (Å²) in [5, 5.41) is 1.69. The largest absolute Gasteiger partial charge is 0.219 e. The van der Waals surface area contributed by atoms with Crippen LogP contribution < -0.4 is 10.4 Å². The molecule has 0 aromatic heterocycles. The van der Waals surface area contributed by atoms with Gasteiger partial charge in [-0.1, -0.05) is 24.3 Å². The Bertz CT molecular complexity index is 533. The van der Waals surface area contributed by atoms with Gasteiger partial charge in [0.2, 0.25) is 0 Å². The van der Waals surface area contributed by atoms with Gasteiger partial charge in [-0.2, -0.15) is 0 Å². The second-order valence-electron chi connectivity index (χ2n) is 3.16. The Hall–Kier alpha value is -1.09. The van der Waals surface area contributed by atoms with Crippen LogP contribution in [0.25, 0.3) is 9.81 Å². The Morgan fingerprint density at radius 1 is 0.923 bits per heavy atom. The van der Waals surface area contributed by atoms with Crippen molar-refractivity contribution < 1.29 is 8.42 Å². The van der Waals surface area contributed by atoms with Crippen LogP contribution in [0.5, 0.6) is 0 Å². The van der Waals surface area contributed by atoms with Crippen LogP contribution in [0.15, 0.2) is 24.3 Å². The molecule has 0 bridgehead atoms. The van der Waals surface area contributed by atoms with Crippen molar-refractivity contribution in [3.8, 4) is 0 Å². The lowest BCUT2D eigenvalue weighted by Crippen LogP contribution is -2.22. The van der Waals surface area contributed by atoms with Crippen molar-refractivity contribution in [3.63, 3.8) is 0 Å². The number of hydrogen-bond donors (Lipinski definition) is 0. The molecule has 0 fully saturated rings. The van der Waals surface area contributed by atoms with E-state index < -0.39 is 9.84 Å². The average Bonchev–Trinajstić information content (AvgIpc) is 2.30. The fourth-order valence-electron chi connectivity index (χ4n) is 1.62. The highest BCUT2D eigenvalue weighted by atomic mass is 32.2. The van der Waals surface area contributed by atoms with E-state index in [-0.39, 0.29) is 0 Å². The minimum Gasteiger partial charge on any atom is -0.219 e. The van der Waals surface area contributed by atoms with Crippen molar-refractivity contribution in [2.45, 2.75) is 13.8 Å². The highest BCUT2D eigenvalue weighted by molar-refractivity contribution is 8.08. The van der Waals surface area contributed by atoms with Crippen LogP contribution in [-0.2, 0) is 9.84 Å². The van der Waals surface area contributed by atoms with Crippen molar-refractivity contribution in [3.05, 3.63) is 34.7 Å². The molecule has 1 aliphatic rings. The lowest BCUT2D eigenvalue weighted by atomic mass is 10.2. The van der Waals surface area contributed by atoms with E-state index in [1.165, 1.54) is 0 Å². The number of sulfone groups is 1. The van der Waals surface area contributed by atoms with E-state index in [2.05, 4.69) is 0 Å². The number of hydrogen-bond acceptors (Lipinski definition) is 2. The smallest absolute Gasteiger partial charge is 0.199 e. The van der Waals surface area contributed by atoms with E-state index in [1.807, 2.05) is 24.3 Å². The van der Waals surface area contributed by atoms with Gasteiger partial charge in [0.15, 0.2) is 9.84 Å². The first-order valence-electron chi connectivity index (χ1n) is 4.07. The molecule has 3 heteroatoms. The standard InChI is InChI=1S/C10H10O2S/c1-7-9-5-3-4-6-10(9)8(2)13(7,11)12/h3-6H,1-2H3. The first kappa shape index (κ1) is 8.51. The molecule has 0 amide bonds. The quantitative estimate of drug-likeness (QED) is 0.598. The Kier molecular flexibility index (Phi) is 1.60. The Morgan fingerprint density at radius 2 is 1.31 bits per heavy atom. The SMILES string of the molecule is CC1=c2ccccc2=C(C)S1(=O)=O. The van der Waals surface area contributed by atoms with Crippen LogP contribution >= 0.6 is 0 Å². The predicted octanol–water partition coefficient (Wildman–Crippen LogP) is 0.371. The van der Waals surface area contributed by atoms with Gasteiger partial charge in [0, 0.05) is 0 Å². The lowest BCUT2D eigenvalue weighted by Gasteiger charge is -1.95. The van der Waals surface area contributed by atoms with Crippen molar-refractivity contribution in [1.29, 1.82) is 0 Å². The third kappa shape index (κ3) is 0.968. The summed E-state index contributed by atoms with van der Waals surface area (Å²) < 4.78 is 23.4. The molecule has 1 aliphatic heterocycles. The summed E-state index contributed by atoms with van der Waals surface area (Å²) in [5.41, 5.74) is 0. The molecule has 13 heavy (non-hydrogen) atoms. The van der Waals surface area contributed by atoms with Gasteiger partial charge in [-0.05, 0) is 24.3 Å². The molecule has 0 spiro atoms. The highest BCUT2D eigenvalue weighted by Gasteiger charge is 2.23. The summed E-state index contributed by atoms with van der Waals surface area (Å²) in [6, 6.07) is 7.41. The molecule has 68 valence electrons. The maximum absolute atomic E-state index is 11.7. The van der Waals surface area contributed by atoms with Crippen LogP contribution in [0.4, 0.5) is 0 Å². The summed E-state index contributed by atoms with van der Waals surface area (Å²) >= 11 is 0. The van der Waals surface area contributed by atoms with E-state index in [0.717, 1.165) is 10.4 Å². The van der Waals surface area contributed by atoms with Crippen LogP contribution in [0, 0.1) is 0 Å². The molecule has 1 heterocycles. The van der Waals surface area contributed by atoms with Gasteiger partial charge in [0.1, 0.15) is 0 Å². The summed E-state index contributed by atoms with van der Waals surface area (Å²) in [4.78, 5) is 0.946. The molecule has 0 radical (unpaired) electrons. The average molecular weight is 194 g/mol. The molecule has 0 aliphatic carbocycles. The topological polar surface area (TPSA) is 34.1 Å². The van der Waals surface area contributed by atoms with Crippen LogP contribution in [0.2, 0.25) is 0 Å². The summed E-state index contributed by atoms with van der Waals surface area (Å²) in [6.07, 6.45) is 0. The number of rotatable bonds is 0. The van der Waals surface area contributed by atoms with Crippen LogP contribution in [0.3, 0.4) is 0 Å². The van der Waals surface area contributed by atoms with E-state index in [9.17, 15) is 8.42 Å².